The molecule has 6 nitrogen and oxygen atoms in total. The average Bonchev–Trinajstić information content (AvgIpc) is 2.53. The van der Waals surface area contributed by atoms with E-state index in [-0.39, 0.29) is 25.1 Å². The van der Waals surface area contributed by atoms with Gasteiger partial charge in [0.05, 0.1) is 6.54 Å². The topological polar surface area (TPSA) is 84.7 Å². The summed E-state index contributed by atoms with van der Waals surface area (Å²) >= 11 is 0. The molecule has 0 bridgehead atoms. The highest BCUT2D eigenvalue weighted by Gasteiger charge is 2.28. The predicted molar refractivity (Wildman–Crippen MR) is 87.6 cm³/mol. The summed E-state index contributed by atoms with van der Waals surface area (Å²) in [5.74, 6) is 0.106. The number of hydrogen-bond acceptors (Lipinski definition) is 4. The van der Waals surface area contributed by atoms with Crippen molar-refractivity contribution in [3.8, 4) is 0 Å². The molecule has 126 valence electrons. The second-order valence-electron chi connectivity index (χ2n) is 6.07. The molecule has 1 aromatic rings. The molecule has 6 heteroatoms. The molecule has 0 spiro atoms. The lowest BCUT2D eigenvalue weighted by molar-refractivity contribution is -0.119. The van der Waals surface area contributed by atoms with Crippen LogP contribution in [0.1, 0.15) is 25.3 Å². The van der Waals surface area contributed by atoms with Crippen molar-refractivity contribution in [1.29, 1.82) is 0 Å². The van der Waals surface area contributed by atoms with Gasteiger partial charge in [-0.3, -0.25) is 9.69 Å². The van der Waals surface area contributed by atoms with E-state index in [1.54, 1.807) is 0 Å². The quantitative estimate of drug-likeness (QED) is 0.832. The monoisotopic (exact) mass is 319 g/mol. The highest BCUT2D eigenvalue weighted by Crippen LogP contribution is 2.19. The Labute approximate surface area is 137 Å². The second kappa shape index (κ2) is 8.53. The SMILES string of the molecule is CCC1CC(NC(=O)OCc2ccccc2)CN(CC(N)=O)C1. The van der Waals surface area contributed by atoms with Gasteiger partial charge in [-0.15, -0.1) is 0 Å². The summed E-state index contributed by atoms with van der Waals surface area (Å²) in [5.41, 5.74) is 6.23. The van der Waals surface area contributed by atoms with Crippen LogP contribution in [0, 0.1) is 5.92 Å². The van der Waals surface area contributed by atoms with Crippen molar-refractivity contribution in [1.82, 2.24) is 10.2 Å². The molecule has 2 atom stereocenters. The average molecular weight is 319 g/mol. The number of carbonyl (C=O) groups is 2. The molecule has 1 heterocycles. The third-order valence-corrected chi connectivity index (χ3v) is 4.10. The van der Waals surface area contributed by atoms with E-state index >= 15 is 0 Å². The highest BCUT2D eigenvalue weighted by molar-refractivity contribution is 5.76. The first kappa shape index (κ1) is 17.3. The molecule has 1 aliphatic heterocycles. The number of nitrogens with zero attached hydrogens (tertiary/aromatic N) is 1. The normalized spacial score (nSPS) is 21.6. The summed E-state index contributed by atoms with van der Waals surface area (Å²) in [5, 5.41) is 2.90. The van der Waals surface area contributed by atoms with Crippen molar-refractivity contribution < 1.29 is 14.3 Å². The van der Waals surface area contributed by atoms with Gasteiger partial charge in [0.25, 0.3) is 0 Å². The van der Waals surface area contributed by atoms with Gasteiger partial charge in [-0.2, -0.15) is 0 Å². The van der Waals surface area contributed by atoms with E-state index in [1.165, 1.54) is 0 Å². The van der Waals surface area contributed by atoms with Gasteiger partial charge in [0.15, 0.2) is 0 Å². The van der Waals surface area contributed by atoms with E-state index in [2.05, 4.69) is 12.2 Å². The van der Waals surface area contributed by atoms with E-state index in [1.807, 2.05) is 35.2 Å². The number of benzene rings is 1. The molecule has 1 fully saturated rings. The molecule has 3 N–H and O–H groups in total. The molecule has 0 aromatic heterocycles. The largest absolute Gasteiger partial charge is 0.445 e. The lowest BCUT2D eigenvalue weighted by atomic mass is 9.92. The molecule has 1 aliphatic rings. The fourth-order valence-electron chi connectivity index (χ4n) is 2.98. The van der Waals surface area contributed by atoms with Gasteiger partial charge < -0.3 is 15.8 Å². The number of likely N-dealkylation sites (tertiary alicyclic amines) is 1. The molecule has 23 heavy (non-hydrogen) atoms. The van der Waals surface area contributed by atoms with Crippen LogP contribution in [-0.4, -0.2) is 42.6 Å². The van der Waals surface area contributed by atoms with Crippen molar-refractivity contribution in [3.63, 3.8) is 0 Å². The summed E-state index contributed by atoms with van der Waals surface area (Å²) in [4.78, 5) is 25.1. The van der Waals surface area contributed by atoms with Crippen molar-refractivity contribution in [2.75, 3.05) is 19.6 Å². The van der Waals surface area contributed by atoms with Gasteiger partial charge in [0.2, 0.25) is 5.91 Å². The van der Waals surface area contributed by atoms with Gasteiger partial charge in [0, 0.05) is 19.1 Å². The van der Waals surface area contributed by atoms with Gasteiger partial charge in [-0.05, 0) is 17.9 Å². The molecule has 0 radical (unpaired) electrons. The third-order valence-electron chi connectivity index (χ3n) is 4.10. The molecule has 1 saturated heterocycles. The molecule has 2 amide bonds. The van der Waals surface area contributed by atoms with Crippen LogP contribution in [0.4, 0.5) is 4.79 Å². The first-order chi connectivity index (χ1) is 11.1. The summed E-state index contributed by atoms with van der Waals surface area (Å²) < 4.78 is 5.26. The molecule has 2 rings (SSSR count). The zero-order chi connectivity index (χ0) is 16.7. The number of primary amides is 1. The van der Waals surface area contributed by atoms with Crippen LogP contribution in [0.15, 0.2) is 30.3 Å². The van der Waals surface area contributed by atoms with E-state index < -0.39 is 6.09 Å². The molecule has 2 unspecified atom stereocenters. The molecular weight excluding hydrogens is 294 g/mol. The van der Waals surface area contributed by atoms with Gasteiger partial charge in [-0.25, -0.2) is 4.79 Å². The Morgan fingerprint density at radius 3 is 2.70 bits per heavy atom. The molecular formula is C17H25N3O3. The standard InChI is InChI=1S/C17H25N3O3/c1-2-13-8-15(10-20(9-13)11-16(18)21)19-17(22)23-12-14-6-4-3-5-7-14/h3-7,13,15H,2,8-12H2,1H3,(H2,18,21)(H,19,22). The Morgan fingerprint density at radius 1 is 1.30 bits per heavy atom. The Hall–Kier alpha value is -2.08. The minimum absolute atomic E-state index is 0.0173. The number of piperidine rings is 1. The summed E-state index contributed by atoms with van der Waals surface area (Å²) in [6.07, 6.45) is 1.48. The molecule has 1 aromatic carbocycles. The van der Waals surface area contributed by atoms with E-state index in [9.17, 15) is 9.59 Å². The Morgan fingerprint density at radius 2 is 2.04 bits per heavy atom. The minimum Gasteiger partial charge on any atom is -0.445 e. The van der Waals surface area contributed by atoms with Crippen LogP contribution in [0.5, 0.6) is 0 Å². The number of carbonyl (C=O) groups excluding carboxylic acids is 2. The number of ether oxygens (including phenoxy) is 1. The minimum atomic E-state index is -0.422. The van der Waals surface area contributed by atoms with Crippen molar-refractivity contribution in [3.05, 3.63) is 35.9 Å². The molecule has 0 aliphatic carbocycles. The third kappa shape index (κ3) is 5.90. The number of nitrogens with two attached hydrogens (primary N) is 1. The summed E-state index contributed by atoms with van der Waals surface area (Å²) in [6, 6.07) is 9.54. The van der Waals surface area contributed by atoms with Crippen LogP contribution < -0.4 is 11.1 Å². The maximum atomic E-state index is 12.0. The summed E-state index contributed by atoms with van der Waals surface area (Å²) in [7, 11) is 0. The van der Waals surface area contributed by atoms with Crippen LogP contribution in [0.3, 0.4) is 0 Å². The van der Waals surface area contributed by atoms with Gasteiger partial charge >= 0.3 is 6.09 Å². The summed E-state index contributed by atoms with van der Waals surface area (Å²) in [6.45, 7) is 4.06. The Balaban J connectivity index is 1.82. The van der Waals surface area contributed by atoms with Crippen molar-refractivity contribution >= 4 is 12.0 Å². The zero-order valence-electron chi connectivity index (χ0n) is 13.5. The van der Waals surface area contributed by atoms with Crippen LogP contribution in [-0.2, 0) is 16.1 Å². The van der Waals surface area contributed by atoms with Gasteiger partial charge in [0.1, 0.15) is 6.61 Å². The second-order valence-corrected chi connectivity index (χ2v) is 6.07. The van der Waals surface area contributed by atoms with E-state index in [0.717, 1.165) is 24.9 Å². The van der Waals surface area contributed by atoms with Crippen LogP contribution in [0.2, 0.25) is 0 Å². The lowest BCUT2D eigenvalue weighted by Crippen LogP contribution is -2.52. The van der Waals surface area contributed by atoms with E-state index in [4.69, 9.17) is 10.5 Å². The number of alkyl carbamates (subject to hydrolysis) is 1. The maximum Gasteiger partial charge on any atom is 0.407 e. The smallest absolute Gasteiger partial charge is 0.407 e. The van der Waals surface area contributed by atoms with Crippen LogP contribution >= 0.6 is 0 Å². The van der Waals surface area contributed by atoms with Crippen LogP contribution in [0.25, 0.3) is 0 Å². The zero-order valence-corrected chi connectivity index (χ0v) is 13.5. The Bertz CT molecular complexity index is 521. The fraction of sp³-hybridized carbons (Fsp3) is 0.529. The van der Waals surface area contributed by atoms with Gasteiger partial charge in [-0.1, -0.05) is 43.7 Å². The number of nitrogens with one attached hydrogen (secondary N) is 1. The fourth-order valence-corrected chi connectivity index (χ4v) is 2.98. The molecule has 0 saturated carbocycles. The first-order valence-electron chi connectivity index (χ1n) is 8.04. The number of hydrogen-bond donors (Lipinski definition) is 2. The van der Waals surface area contributed by atoms with Crippen molar-refractivity contribution in [2.45, 2.75) is 32.4 Å². The number of amides is 2. The first-order valence-corrected chi connectivity index (χ1v) is 8.04. The number of rotatable bonds is 6. The Kier molecular flexibility index (Phi) is 6.40. The highest BCUT2D eigenvalue weighted by atomic mass is 16.5. The van der Waals surface area contributed by atoms with E-state index in [0.29, 0.717) is 12.5 Å². The maximum absolute atomic E-state index is 12.0. The lowest BCUT2D eigenvalue weighted by Gasteiger charge is -2.37. The van der Waals surface area contributed by atoms with Crippen molar-refractivity contribution in [2.24, 2.45) is 11.7 Å². The predicted octanol–water partition coefficient (Wildman–Crippen LogP) is 1.50.